The fraction of sp³-hybridized carbons (Fsp3) is 0.125. The van der Waals surface area contributed by atoms with Gasteiger partial charge in [0.2, 0.25) is 5.91 Å². The molecule has 58 valence electrons. The molecule has 0 saturated heterocycles. The van der Waals surface area contributed by atoms with Gasteiger partial charge in [-0.15, -0.1) is 0 Å². The van der Waals surface area contributed by atoms with E-state index in [4.69, 9.17) is 5.48 Å². The molecule has 0 heterocycles. The van der Waals surface area contributed by atoms with Crippen molar-refractivity contribution in [2.75, 3.05) is 5.32 Å². The minimum Gasteiger partial charge on any atom is -0.326 e. The minimum absolute atomic E-state index is 0.0459. The molecule has 0 saturated carbocycles. The molecule has 1 aromatic carbocycles. The fourth-order valence-electron chi connectivity index (χ4n) is 0.559. The zero-order valence-corrected chi connectivity index (χ0v) is 7.37. The van der Waals surface area contributed by atoms with Gasteiger partial charge in [-0.2, -0.15) is 0 Å². The van der Waals surface area contributed by atoms with E-state index < -0.39 is 5.91 Å². The van der Waals surface area contributed by atoms with E-state index in [1.54, 1.807) is 0 Å². The molecule has 1 amide bonds. The largest absolute Gasteiger partial charge is 0.326 e. The molecule has 0 aliphatic carbocycles. The number of carbonyl (C=O) groups is 1. The summed E-state index contributed by atoms with van der Waals surface area (Å²) in [4.78, 5) is 10.8. The first-order valence-corrected chi connectivity index (χ1v) is 3.69. The van der Waals surface area contributed by atoms with E-state index in [2.05, 4.69) is 21.2 Å². The summed E-state index contributed by atoms with van der Waals surface area (Å²) in [5, 5.41) is 2.30. The topological polar surface area (TPSA) is 29.1 Å². The highest BCUT2D eigenvalue weighted by Crippen LogP contribution is 2.15. The van der Waals surface area contributed by atoms with E-state index in [0.29, 0.717) is 0 Å². The monoisotopic (exact) mass is 217 g/mol. The second-order valence-electron chi connectivity index (χ2n) is 1.87. The summed E-state index contributed by atoms with van der Waals surface area (Å²) in [5.74, 6) is -0.416. The van der Waals surface area contributed by atoms with Crippen molar-refractivity contribution in [1.29, 1.82) is 0 Å². The van der Waals surface area contributed by atoms with Crippen LogP contribution >= 0.6 is 15.9 Å². The number of halogens is 1. The van der Waals surface area contributed by atoms with E-state index in [0.717, 1.165) is 0 Å². The Hall–Kier alpha value is -0.830. The van der Waals surface area contributed by atoms with Crippen molar-refractivity contribution in [1.82, 2.24) is 0 Å². The normalized spacial score (nSPS) is 14.4. The first-order chi connectivity index (χ1) is 6.86. The smallest absolute Gasteiger partial charge is 0.221 e. The van der Waals surface area contributed by atoms with Gasteiger partial charge in [0, 0.05) is 17.1 Å². The molecular formula is C8H8BrNO. The lowest BCUT2D eigenvalue weighted by molar-refractivity contribution is -0.114. The summed E-state index contributed by atoms with van der Waals surface area (Å²) < 4.78 is 30.0. The van der Waals surface area contributed by atoms with Gasteiger partial charge in [-0.05, 0) is 18.1 Å². The third kappa shape index (κ3) is 2.72. The Morgan fingerprint density at radius 3 is 3.09 bits per heavy atom. The fourth-order valence-corrected chi connectivity index (χ4v) is 0.857. The van der Waals surface area contributed by atoms with Crippen LogP contribution in [0.4, 0.5) is 5.69 Å². The van der Waals surface area contributed by atoms with Crippen LogP contribution in [-0.4, -0.2) is 5.91 Å². The molecule has 2 nitrogen and oxygen atoms in total. The number of hydrogen-bond donors (Lipinski definition) is 1. The van der Waals surface area contributed by atoms with E-state index in [1.807, 2.05) is 0 Å². The number of carbonyl (C=O) groups excluding carboxylic acids is 1. The predicted molar refractivity (Wildman–Crippen MR) is 48.4 cm³/mol. The SMILES string of the molecule is [2H]c1c([2H])c(Br)c([2H])c(NC(C)=O)c1[2H]. The Morgan fingerprint density at radius 1 is 1.73 bits per heavy atom. The summed E-state index contributed by atoms with van der Waals surface area (Å²) in [6.07, 6.45) is 0. The van der Waals surface area contributed by atoms with Gasteiger partial charge >= 0.3 is 0 Å². The average Bonchev–Trinajstić information content (AvgIpc) is 2.18. The zero-order chi connectivity index (χ0) is 11.7. The molecule has 3 heteroatoms. The Kier molecular flexibility index (Phi) is 1.37. The molecule has 0 radical (unpaired) electrons. The molecule has 0 bridgehead atoms. The minimum atomic E-state index is -0.416. The number of nitrogens with one attached hydrogen (secondary N) is 1. The van der Waals surface area contributed by atoms with Crippen LogP contribution in [0, 0.1) is 0 Å². The standard InChI is InChI=1S/C8H8BrNO/c1-6(11)10-8-4-2-3-7(9)5-8/h2-5H,1H3,(H,10,11)/i2D,3D,4D,5D. The second-order valence-corrected chi connectivity index (χ2v) is 2.66. The van der Waals surface area contributed by atoms with E-state index in [9.17, 15) is 4.79 Å². The number of amides is 1. The van der Waals surface area contributed by atoms with Gasteiger partial charge in [-0.25, -0.2) is 0 Å². The van der Waals surface area contributed by atoms with Crippen molar-refractivity contribution in [3.05, 3.63) is 28.6 Å². The number of benzene rings is 1. The summed E-state index contributed by atoms with van der Waals surface area (Å²) >= 11 is 2.98. The van der Waals surface area contributed by atoms with E-state index >= 15 is 0 Å². The van der Waals surface area contributed by atoms with Crippen LogP contribution in [0.5, 0.6) is 0 Å². The zero-order valence-electron chi connectivity index (χ0n) is 9.79. The van der Waals surface area contributed by atoms with Gasteiger partial charge in [-0.3, -0.25) is 4.79 Å². The molecule has 0 fully saturated rings. The van der Waals surface area contributed by atoms with Crippen LogP contribution in [0.15, 0.2) is 28.6 Å². The van der Waals surface area contributed by atoms with Crippen LogP contribution in [0.1, 0.15) is 12.4 Å². The highest BCUT2D eigenvalue weighted by atomic mass is 79.9. The molecular weight excluding hydrogens is 206 g/mol. The third-order valence-corrected chi connectivity index (χ3v) is 1.29. The maximum absolute atomic E-state index is 10.8. The van der Waals surface area contributed by atoms with E-state index in [-0.39, 0.29) is 34.3 Å². The van der Waals surface area contributed by atoms with Gasteiger partial charge in [-0.1, -0.05) is 22.0 Å². The molecule has 0 unspecified atom stereocenters. The summed E-state index contributed by atoms with van der Waals surface area (Å²) in [6, 6.07) is -1.01. The van der Waals surface area contributed by atoms with Crippen molar-refractivity contribution < 1.29 is 10.3 Å². The van der Waals surface area contributed by atoms with Crippen LogP contribution in [0.2, 0.25) is 0 Å². The highest BCUT2D eigenvalue weighted by molar-refractivity contribution is 9.10. The molecule has 0 aliphatic rings. The summed E-state index contributed by atoms with van der Waals surface area (Å²) in [6.45, 7) is 1.25. The molecule has 0 atom stereocenters. The lowest BCUT2D eigenvalue weighted by Crippen LogP contribution is -2.05. The molecule has 0 spiro atoms. The molecule has 1 aromatic rings. The van der Waals surface area contributed by atoms with Crippen LogP contribution < -0.4 is 5.32 Å². The second kappa shape index (κ2) is 3.53. The molecule has 0 aliphatic heterocycles. The Balaban J connectivity index is 3.45. The third-order valence-electron chi connectivity index (χ3n) is 0.896. The molecule has 1 rings (SSSR count). The quantitative estimate of drug-likeness (QED) is 0.770. The van der Waals surface area contributed by atoms with Crippen LogP contribution in [0.25, 0.3) is 0 Å². The maximum atomic E-state index is 10.8. The Morgan fingerprint density at radius 2 is 2.45 bits per heavy atom. The predicted octanol–water partition coefficient (Wildman–Crippen LogP) is 2.41. The highest BCUT2D eigenvalue weighted by Gasteiger charge is 1.93. The van der Waals surface area contributed by atoms with Crippen LogP contribution in [-0.2, 0) is 4.79 Å². The van der Waals surface area contributed by atoms with Crippen molar-refractivity contribution >= 4 is 27.5 Å². The van der Waals surface area contributed by atoms with Gasteiger partial charge in [0.1, 0.15) is 0 Å². The first kappa shape index (κ1) is 4.26. The van der Waals surface area contributed by atoms with Crippen molar-refractivity contribution in [3.8, 4) is 0 Å². The lowest BCUT2D eigenvalue weighted by atomic mass is 10.3. The van der Waals surface area contributed by atoms with Crippen molar-refractivity contribution in [2.45, 2.75) is 6.92 Å². The van der Waals surface area contributed by atoms with Gasteiger partial charge in [0.05, 0.1) is 5.48 Å². The van der Waals surface area contributed by atoms with E-state index in [1.165, 1.54) is 6.92 Å². The van der Waals surface area contributed by atoms with Gasteiger partial charge < -0.3 is 5.32 Å². The average molecular weight is 218 g/mol. The number of anilines is 1. The summed E-state index contributed by atoms with van der Waals surface area (Å²) in [5.41, 5.74) is -0.0459. The lowest BCUT2D eigenvalue weighted by Gasteiger charge is -2.00. The maximum Gasteiger partial charge on any atom is 0.221 e. The Bertz CT molecular complexity index is 406. The summed E-state index contributed by atoms with van der Waals surface area (Å²) in [7, 11) is 0. The molecule has 0 aromatic heterocycles. The van der Waals surface area contributed by atoms with Gasteiger partial charge in [0.15, 0.2) is 0 Å². The molecule has 11 heavy (non-hydrogen) atoms. The number of hydrogen-bond acceptors (Lipinski definition) is 1. The van der Waals surface area contributed by atoms with Crippen molar-refractivity contribution in [3.63, 3.8) is 0 Å². The van der Waals surface area contributed by atoms with Crippen LogP contribution in [0.3, 0.4) is 0 Å². The van der Waals surface area contributed by atoms with Gasteiger partial charge in [0.25, 0.3) is 0 Å². The first-order valence-electron chi connectivity index (χ1n) is 4.89. The molecule has 1 N–H and O–H groups in total. The number of rotatable bonds is 1. The van der Waals surface area contributed by atoms with Crippen molar-refractivity contribution in [2.24, 2.45) is 0 Å². The Labute approximate surface area is 79.4 Å².